The van der Waals surface area contributed by atoms with Crippen LogP contribution in [0.1, 0.15) is 81.1 Å². The number of rotatable bonds is 14. The average molecular weight is 479 g/mol. The standard InChI is InChI=1S/C29H35FN2O3/c1-3-5-6-7-8-9-10-18-34-24-16-17-26(27(30)19-24)29(33)35-25-20-31-28(32-21-25)23-14-12-22(11-4-2)13-15-23/h12-17,19-21H,3-11,18H2,1-2H3. The van der Waals surface area contributed by atoms with Gasteiger partial charge in [0.05, 0.1) is 24.6 Å². The highest BCUT2D eigenvalue weighted by atomic mass is 19.1. The predicted octanol–water partition coefficient (Wildman–Crippen LogP) is 7.58. The molecule has 3 aromatic rings. The first-order chi connectivity index (χ1) is 17.1. The van der Waals surface area contributed by atoms with E-state index in [0.717, 1.165) is 31.2 Å². The summed E-state index contributed by atoms with van der Waals surface area (Å²) in [6, 6.07) is 12.2. The van der Waals surface area contributed by atoms with Gasteiger partial charge in [-0.3, -0.25) is 0 Å². The zero-order valence-electron chi connectivity index (χ0n) is 20.8. The molecule has 35 heavy (non-hydrogen) atoms. The summed E-state index contributed by atoms with van der Waals surface area (Å²) in [5.74, 6) is -0.401. The Morgan fingerprint density at radius 2 is 1.51 bits per heavy atom. The van der Waals surface area contributed by atoms with E-state index in [0.29, 0.717) is 18.2 Å². The summed E-state index contributed by atoms with van der Waals surface area (Å²) in [7, 11) is 0. The van der Waals surface area contributed by atoms with Gasteiger partial charge in [-0.25, -0.2) is 19.2 Å². The number of ether oxygens (including phenoxy) is 2. The van der Waals surface area contributed by atoms with Crippen molar-refractivity contribution < 1.29 is 18.7 Å². The highest BCUT2D eigenvalue weighted by molar-refractivity contribution is 5.91. The molecule has 1 aromatic heterocycles. The topological polar surface area (TPSA) is 61.3 Å². The molecule has 0 amide bonds. The second kappa shape index (κ2) is 14.2. The summed E-state index contributed by atoms with van der Waals surface area (Å²) < 4.78 is 25.4. The maximum atomic E-state index is 14.5. The first-order valence-electron chi connectivity index (χ1n) is 12.7. The van der Waals surface area contributed by atoms with Gasteiger partial charge < -0.3 is 9.47 Å². The molecule has 0 aliphatic heterocycles. The minimum atomic E-state index is -0.804. The van der Waals surface area contributed by atoms with Gasteiger partial charge in [0.15, 0.2) is 11.6 Å². The summed E-state index contributed by atoms with van der Waals surface area (Å²) in [5.41, 5.74) is 1.97. The van der Waals surface area contributed by atoms with Crippen LogP contribution in [-0.2, 0) is 6.42 Å². The van der Waals surface area contributed by atoms with Crippen LogP contribution in [0.25, 0.3) is 11.4 Å². The minimum absolute atomic E-state index is 0.153. The highest BCUT2D eigenvalue weighted by Gasteiger charge is 2.16. The SMILES string of the molecule is CCCCCCCCCOc1ccc(C(=O)Oc2cnc(-c3ccc(CCC)cc3)nc2)c(F)c1. The van der Waals surface area contributed by atoms with Gasteiger partial charge in [-0.15, -0.1) is 0 Å². The summed E-state index contributed by atoms with van der Waals surface area (Å²) >= 11 is 0. The van der Waals surface area contributed by atoms with Crippen molar-refractivity contribution in [2.24, 2.45) is 0 Å². The number of halogens is 1. The van der Waals surface area contributed by atoms with E-state index in [9.17, 15) is 9.18 Å². The molecule has 0 radical (unpaired) electrons. The molecule has 0 bridgehead atoms. The summed E-state index contributed by atoms with van der Waals surface area (Å²) in [6.07, 6.45) is 13.2. The van der Waals surface area contributed by atoms with E-state index in [1.165, 1.54) is 62.2 Å². The van der Waals surface area contributed by atoms with Crippen LogP contribution in [0.15, 0.2) is 54.9 Å². The van der Waals surface area contributed by atoms with Gasteiger partial charge in [-0.1, -0.05) is 83.1 Å². The van der Waals surface area contributed by atoms with Gasteiger partial charge in [0, 0.05) is 11.6 Å². The van der Waals surface area contributed by atoms with Crippen molar-refractivity contribution in [3.05, 3.63) is 71.8 Å². The van der Waals surface area contributed by atoms with Crippen molar-refractivity contribution in [2.75, 3.05) is 6.61 Å². The molecule has 0 fully saturated rings. The molecule has 0 atom stereocenters. The van der Waals surface area contributed by atoms with Crippen molar-refractivity contribution in [3.8, 4) is 22.9 Å². The van der Waals surface area contributed by atoms with E-state index in [2.05, 4.69) is 35.9 Å². The lowest BCUT2D eigenvalue weighted by Crippen LogP contribution is -2.11. The number of aryl methyl sites for hydroxylation is 1. The summed E-state index contributed by atoms with van der Waals surface area (Å²) in [6.45, 7) is 4.88. The molecule has 5 nitrogen and oxygen atoms in total. The fraction of sp³-hybridized carbons (Fsp3) is 0.414. The number of nitrogens with zero attached hydrogens (tertiary/aromatic N) is 2. The van der Waals surface area contributed by atoms with Gasteiger partial charge >= 0.3 is 5.97 Å². The van der Waals surface area contributed by atoms with E-state index in [4.69, 9.17) is 9.47 Å². The summed E-state index contributed by atoms with van der Waals surface area (Å²) in [5, 5.41) is 0. The Morgan fingerprint density at radius 1 is 0.829 bits per heavy atom. The van der Waals surface area contributed by atoms with E-state index >= 15 is 0 Å². The lowest BCUT2D eigenvalue weighted by atomic mass is 10.1. The number of carbonyl (C=O) groups is 1. The van der Waals surface area contributed by atoms with E-state index in [1.807, 2.05) is 12.1 Å². The third-order valence-electron chi connectivity index (χ3n) is 5.77. The third-order valence-corrected chi connectivity index (χ3v) is 5.77. The number of hydrogen-bond acceptors (Lipinski definition) is 5. The average Bonchev–Trinajstić information content (AvgIpc) is 2.87. The van der Waals surface area contributed by atoms with Crippen molar-refractivity contribution in [1.82, 2.24) is 9.97 Å². The monoisotopic (exact) mass is 478 g/mol. The van der Waals surface area contributed by atoms with Crippen LogP contribution in [0, 0.1) is 5.82 Å². The van der Waals surface area contributed by atoms with Crippen LogP contribution in [0.3, 0.4) is 0 Å². The zero-order chi connectivity index (χ0) is 24.9. The Labute approximate surface area is 207 Å². The normalized spacial score (nSPS) is 10.8. The third kappa shape index (κ3) is 8.46. The Kier molecular flexibility index (Phi) is 10.7. The van der Waals surface area contributed by atoms with E-state index in [-0.39, 0.29) is 11.3 Å². The molecule has 6 heteroatoms. The molecule has 0 unspecified atom stereocenters. The Bertz CT molecular complexity index is 1050. The van der Waals surface area contributed by atoms with Gasteiger partial charge in [0.25, 0.3) is 0 Å². The second-order valence-electron chi connectivity index (χ2n) is 8.69. The van der Waals surface area contributed by atoms with Crippen LogP contribution >= 0.6 is 0 Å². The lowest BCUT2D eigenvalue weighted by Gasteiger charge is -2.09. The highest BCUT2D eigenvalue weighted by Crippen LogP contribution is 2.21. The van der Waals surface area contributed by atoms with E-state index in [1.54, 1.807) is 6.07 Å². The van der Waals surface area contributed by atoms with Gasteiger partial charge in [-0.2, -0.15) is 0 Å². The Morgan fingerprint density at radius 3 is 2.17 bits per heavy atom. The molecule has 186 valence electrons. The molecule has 1 heterocycles. The largest absolute Gasteiger partial charge is 0.493 e. The molecule has 0 N–H and O–H groups in total. The smallest absolute Gasteiger partial charge is 0.346 e. The van der Waals surface area contributed by atoms with Gasteiger partial charge in [0.2, 0.25) is 0 Å². The number of carbonyl (C=O) groups excluding carboxylic acids is 1. The molecule has 0 aliphatic rings. The number of benzene rings is 2. The van der Waals surface area contributed by atoms with Gasteiger partial charge in [-0.05, 0) is 30.5 Å². The predicted molar refractivity (Wildman–Crippen MR) is 136 cm³/mol. The first-order valence-corrected chi connectivity index (χ1v) is 12.7. The second-order valence-corrected chi connectivity index (χ2v) is 8.69. The summed E-state index contributed by atoms with van der Waals surface area (Å²) in [4.78, 5) is 21.0. The molecule has 0 spiro atoms. The van der Waals surface area contributed by atoms with Crippen molar-refractivity contribution in [1.29, 1.82) is 0 Å². The van der Waals surface area contributed by atoms with Crippen LogP contribution in [0.2, 0.25) is 0 Å². The number of unbranched alkanes of at least 4 members (excludes halogenated alkanes) is 6. The number of aromatic nitrogens is 2. The van der Waals surface area contributed by atoms with Crippen molar-refractivity contribution in [3.63, 3.8) is 0 Å². The molecule has 0 saturated heterocycles. The quantitative estimate of drug-likeness (QED) is 0.176. The molecular weight excluding hydrogens is 443 g/mol. The van der Waals surface area contributed by atoms with Crippen molar-refractivity contribution in [2.45, 2.75) is 71.6 Å². The molecular formula is C29H35FN2O3. The van der Waals surface area contributed by atoms with E-state index < -0.39 is 11.8 Å². The zero-order valence-corrected chi connectivity index (χ0v) is 20.8. The van der Waals surface area contributed by atoms with Gasteiger partial charge in [0.1, 0.15) is 11.6 Å². The maximum Gasteiger partial charge on any atom is 0.346 e. The fourth-order valence-electron chi connectivity index (χ4n) is 3.79. The molecule has 0 saturated carbocycles. The van der Waals surface area contributed by atoms with Crippen LogP contribution in [-0.4, -0.2) is 22.5 Å². The Hall–Kier alpha value is -3.28. The van der Waals surface area contributed by atoms with Crippen LogP contribution in [0.4, 0.5) is 4.39 Å². The first kappa shape index (κ1) is 26.3. The maximum absolute atomic E-state index is 14.5. The number of hydrogen-bond donors (Lipinski definition) is 0. The molecule has 2 aromatic carbocycles. The van der Waals surface area contributed by atoms with Crippen molar-refractivity contribution >= 4 is 5.97 Å². The number of esters is 1. The molecule has 3 rings (SSSR count). The van der Waals surface area contributed by atoms with Crippen LogP contribution in [0.5, 0.6) is 11.5 Å². The fourth-order valence-corrected chi connectivity index (χ4v) is 3.79. The minimum Gasteiger partial charge on any atom is -0.493 e. The molecule has 0 aliphatic carbocycles. The lowest BCUT2D eigenvalue weighted by molar-refractivity contribution is 0.0728. The van der Waals surface area contributed by atoms with Crippen LogP contribution < -0.4 is 9.47 Å². The Balaban J connectivity index is 1.48.